The Morgan fingerprint density at radius 1 is 0.684 bits per heavy atom. The monoisotopic (exact) mass is 308 g/mol. The molecule has 0 aromatic heterocycles. The first-order valence-corrected chi connectivity index (χ1v) is 6.96. The molecule has 0 unspecified atom stereocenters. The molecular weight excluding hydrogens is 296 g/mol. The minimum atomic E-state index is 0.499. The van der Waals surface area contributed by atoms with Gasteiger partial charge in [-0.1, -0.05) is 58.4 Å². The van der Waals surface area contributed by atoms with Crippen LogP contribution in [0.25, 0.3) is 32.3 Å². The fourth-order valence-corrected chi connectivity index (χ4v) is 2.87. The summed E-state index contributed by atoms with van der Waals surface area (Å²) in [6.45, 7) is 0. The predicted molar refractivity (Wildman–Crippen MR) is 86.7 cm³/mol. The summed E-state index contributed by atoms with van der Waals surface area (Å²) in [5, 5.41) is 5.48. The molecule has 0 aliphatic heterocycles. The molecule has 0 nitrogen and oxygen atoms in total. The van der Waals surface area contributed by atoms with Gasteiger partial charge in [-0.3, -0.25) is 0 Å². The van der Waals surface area contributed by atoms with Crippen molar-refractivity contribution in [3.63, 3.8) is 0 Å². The SMILES string of the molecule is [2H]c1c2ccccc2c([2H])c2c1ccc1ccc(Br)cc12. The standard InChI is InChI=1S/C18H11Br/c19-16-8-7-12-5-6-15-9-13-3-1-2-4-14(13)10-17(15)18(12)11-16/h1-11H/i9D,10D. The molecule has 90 valence electrons. The molecule has 0 spiro atoms. The minimum absolute atomic E-state index is 0.499. The molecule has 0 aliphatic carbocycles. The van der Waals surface area contributed by atoms with E-state index in [1.165, 1.54) is 0 Å². The third-order valence-corrected chi connectivity index (χ3v) is 3.93. The highest BCUT2D eigenvalue weighted by atomic mass is 79.9. The Kier molecular flexibility index (Phi) is 1.95. The van der Waals surface area contributed by atoms with Crippen molar-refractivity contribution < 1.29 is 2.74 Å². The zero-order chi connectivity index (χ0) is 14.6. The number of hydrogen-bond donors (Lipinski definition) is 0. The molecule has 0 heterocycles. The maximum absolute atomic E-state index is 8.58. The van der Waals surface area contributed by atoms with Crippen LogP contribution < -0.4 is 0 Å². The van der Waals surface area contributed by atoms with E-state index in [1.54, 1.807) is 0 Å². The smallest absolute Gasteiger partial charge is 0.0616 e. The van der Waals surface area contributed by atoms with E-state index >= 15 is 0 Å². The third kappa shape index (κ3) is 1.73. The predicted octanol–water partition coefficient (Wildman–Crippen LogP) is 5.91. The van der Waals surface area contributed by atoms with Crippen molar-refractivity contribution in [3.8, 4) is 0 Å². The molecule has 0 atom stereocenters. The van der Waals surface area contributed by atoms with E-state index in [2.05, 4.69) is 15.9 Å². The lowest BCUT2D eigenvalue weighted by Crippen LogP contribution is -1.80. The minimum Gasteiger partial charge on any atom is -0.0616 e. The lowest BCUT2D eigenvalue weighted by atomic mass is 9.98. The molecule has 0 saturated heterocycles. The van der Waals surface area contributed by atoms with E-state index in [9.17, 15) is 0 Å². The largest absolute Gasteiger partial charge is 0.0636 e. The van der Waals surface area contributed by atoms with E-state index in [0.29, 0.717) is 12.1 Å². The van der Waals surface area contributed by atoms with Gasteiger partial charge in [0, 0.05) is 4.47 Å². The molecular formula is C18H11Br. The highest BCUT2D eigenvalue weighted by molar-refractivity contribution is 9.10. The summed E-state index contributed by atoms with van der Waals surface area (Å²) < 4.78 is 18.0. The Morgan fingerprint density at radius 3 is 2.21 bits per heavy atom. The highest BCUT2D eigenvalue weighted by Crippen LogP contribution is 2.31. The second kappa shape index (κ2) is 4.07. The van der Waals surface area contributed by atoms with Crippen LogP contribution in [0.15, 0.2) is 71.2 Å². The second-order valence-electron chi connectivity index (χ2n) is 4.65. The Morgan fingerprint density at radius 2 is 1.37 bits per heavy atom. The van der Waals surface area contributed by atoms with Crippen LogP contribution in [0, 0.1) is 0 Å². The fraction of sp³-hybridized carbons (Fsp3) is 0. The first-order valence-electron chi connectivity index (χ1n) is 7.17. The Bertz CT molecular complexity index is 1020. The van der Waals surface area contributed by atoms with Gasteiger partial charge >= 0.3 is 0 Å². The van der Waals surface area contributed by atoms with Crippen molar-refractivity contribution >= 4 is 48.2 Å². The van der Waals surface area contributed by atoms with Gasteiger partial charge in [0.15, 0.2) is 0 Å². The highest BCUT2D eigenvalue weighted by Gasteiger charge is 2.03. The van der Waals surface area contributed by atoms with Gasteiger partial charge in [-0.25, -0.2) is 0 Å². The first-order chi connectivity index (χ1) is 10.2. The van der Waals surface area contributed by atoms with E-state index in [0.717, 1.165) is 36.8 Å². The number of fused-ring (bicyclic) bond motifs is 4. The Balaban J connectivity index is 2.36. The molecule has 4 aromatic carbocycles. The van der Waals surface area contributed by atoms with Gasteiger partial charge in [0.1, 0.15) is 0 Å². The van der Waals surface area contributed by atoms with Gasteiger partial charge in [-0.15, -0.1) is 0 Å². The maximum Gasteiger partial charge on any atom is 0.0636 e. The lowest BCUT2D eigenvalue weighted by Gasteiger charge is -2.07. The second-order valence-corrected chi connectivity index (χ2v) is 5.56. The molecule has 1 heteroatoms. The Hall–Kier alpha value is -1.86. The van der Waals surface area contributed by atoms with Gasteiger partial charge in [-0.2, -0.15) is 0 Å². The number of rotatable bonds is 0. The summed E-state index contributed by atoms with van der Waals surface area (Å²) in [4.78, 5) is 0. The van der Waals surface area contributed by atoms with E-state index in [4.69, 9.17) is 2.74 Å². The molecule has 0 fully saturated rings. The van der Waals surface area contributed by atoms with Crippen LogP contribution in [0.1, 0.15) is 2.74 Å². The molecule has 0 N–H and O–H groups in total. The van der Waals surface area contributed by atoms with E-state index in [-0.39, 0.29) is 0 Å². The van der Waals surface area contributed by atoms with Crippen LogP contribution >= 0.6 is 15.9 Å². The average Bonchev–Trinajstić information content (AvgIpc) is 2.51. The molecule has 19 heavy (non-hydrogen) atoms. The number of halogens is 1. The molecule has 4 aromatic rings. The van der Waals surface area contributed by atoms with Crippen LogP contribution in [-0.2, 0) is 0 Å². The van der Waals surface area contributed by atoms with Gasteiger partial charge in [-0.05, 0) is 56.5 Å². The number of hydrogen-bond acceptors (Lipinski definition) is 0. The van der Waals surface area contributed by atoms with Crippen LogP contribution in [0.3, 0.4) is 0 Å². The average molecular weight is 309 g/mol. The molecule has 0 radical (unpaired) electrons. The lowest BCUT2D eigenvalue weighted by molar-refractivity contribution is 1.73. The van der Waals surface area contributed by atoms with E-state index in [1.807, 2.05) is 54.6 Å². The van der Waals surface area contributed by atoms with Gasteiger partial charge < -0.3 is 0 Å². The molecule has 0 amide bonds. The van der Waals surface area contributed by atoms with Crippen molar-refractivity contribution in [3.05, 3.63) is 71.2 Å². The Labute approximate surface area is 122 Å². The van der Waals surface area contributed by atoms with Crippen molar-refractivity contribution in [1.29, 1.82) is 0 Å². The van der Waals surface area contributed by atoms with Crippen molar-refractivity contribution in [2.45, 2.75) is 0 Å². The van der Waals surface area contributed by atoms with Crippen LogP contribution in [0.2, 0.25) is 0 Å². The normalized spacial score (nSPS) is 12.9. The van der Waals surface area contributed by atoms with Gasteiger partial charge in [0.2, 0.25) is 0 Å². The summed E-state index contributed by atoms with van der Waals surface area (Å²) in [5.74, 6) is 0. The van der Waals surface area contributed by atoms with Crippen LogP contribution in [-0.4, -0.2) is 0 Å². The summed E-state index contributed by atoms with van der Waals surface area (Å²) >= 11 is 3.50. The molecule has 0 saturated carbocycles. The van der Waals surface area contributed by atoms with Crippen molar-refractivity contribution in [1.82, 2.24) is 0 Å². The zero-order valence-electron chi connectivity index (χ0n) is 12.1. The summed E-state index contributed by atoms with van der Waals surface area (Å²) in [5.41, 5.74) is 0. The molecule has 0 bridgehead atoms. The third-order valence-electron chi connectivity index (χ3n) is 3.44. The van der Waals surface area contributed by atoms with Gasteiger partial charge in [0.25, 0.3) is 0 Å². The van der Waals surface area contributed by atoms with Crippen LogP contribution in [0.4, 0.5) is 0 Å². The summed E-state index contributed by atoms with van der Waals surface area (Å²) in [6, 6.07) is 18.7. The molecule has 4 rings (SSSR count). The first kappa shape index (κ1) is 9.11. The number of benzene rings is 4. The van der Waals surface area contributed by atoms with Crippen LogP contribution in [0.5, 0.6) is 0 Å². The van der Waals surface area contributed by atoms with Gasteiger partial charge in [0.05, 0.1) is 2.74 Å². The fourth-order valence-electron chi connectivity index (χ4n) is 2.51. The van der Waals surface area contributed by atoms with Crippen molar-refractivity contribution in [2.75, 3.05) is 0 Å². The zero-order valence-corrected chi connectivity index (χ0v) is 11.7. The topological polar surface area (TPSA) is 0 Å². The van der Waals surface area contributed by atoms with Crippen molar-refractivity contribution in [2.24, 2.45) is 0 Å². The maximum atomic E-state index is 8.58. The van der Waals surface area contributed by atoms with E-state index < -0.39 is 0 Å². The summed E-state index contributed by atoms with van der Waals surface area (Å²) in [6.07, 6.45) is 0. The molecule has 0 aliphatic rings. The summed E-state index contributed by atoms with van der Waals surface area (Å²) in [7, 11) is 0. The quantitative estimate of drug-likeness (QED) is 0.280.